The molecule has 0 aromatic heterocycles. The summed E-state index contributed by atoms with van der Waals surface area (Å²) in [6.07, 6.45) is 7.57. The van der Waals surface area contributed by atoms with Gasteiger partial charge in [-0.1, -0.05) is 38.4 Å². The van der Waals surface area contributed by atoms with Crippen LogP contribution in [0, 0.1) is 5.92 Å². The van der Waals surface area contributed by atoms with Crippen LogP contribution in [0.25, 0.3) is 0 Å². The lowest BCUT2D eigenvalue weighted by Gasteiger charge is -2.22. The second kappa shape index (κ2) is 7.64. The predicted molar refractivity (Wildman–Crippen MR) is 74.8 cm³/mol. The average molecular weight is 256 g/mol. The summed E-state index contributed by atoms with van der Waals surface area (Å²) in [5.74, 6) is 0.616. The number of hydrogen-bond acceptors (Lipinski definition) is 2. The SMILES string of the molecule is CCCCCCN(CCC(N)=S)C(=O)C1CC1. The Morgan fingerprint density at radius 1 is 1.29 bits per heavy atom. The molecule has 0 atom stereocenters. The number of thiocarbonyl (C=S) groups is 1. The van der Waals surface area contributed by atoms with Gasteiger partial charge in [-0.15, -0.1) is 0 Å². The molecule has 0 aromatic rings. The van der Waals surface area contributed by atoms with Crippen molar-refractivity contribution in [3.05, 3.63) is 0 Å². The second-order valence-corrected chi connectivity index (χ2v) is 5.40. The first-order valence-electron chi connectivity index (χ1n) is 6.72. The zero-order chi connectivity index (χ0) is 12.7. The smallest absolute Gasteiger partial charge is 0.225 e. The van der Waals surface area contributed by atoms with E-state index in [-0.39, 0.29) is 0 Å². The zero-order valence-electron chi connectivity index (χ0n) is 10.8. The third-order valence-electron chi connectivity index (χ3n) is 3.15. The summed E-state index contributed by atoms with van der Waals surface area (Å²) in [6, 6.07) is 0. The van der Waals surface area contributed by atoms with E-state index in [4.69, 9.17) is 18.0 Å². The Hall–Kier alpha value is -0.640. The number of unbranched alkanes of at least 4 members (excludes halogenated alkanes) is 3. The van der Waals surface area contributed by atoms with Crippen molar-refractivity contribution < 1.29 is 4.79 Å². The van der Waals surface area contributed by atoms with Crippen molar-refractivity contribution in [1.82, 2.24) is 4.90 Å². The van der Waals surface area contributed by atoms with Gasteiger partial charge < -0.3 is 10.6 Å². The molecule has 98 valence electrons. The fourth-order valence-electron chi connectivity index (χ4n) is 1.90. The summed E-state index contributed by atoms with van der Waals surface area (Å²) in [5.41, 5.74) is 5.50. The molecule has 1 aliphatic carbocycles. The summed E-state index contributed by atoms with van der Waals surface area (Å²) >= 11 is 4.88. The standard InChI is InChI=1S/C13H24N2OS/c1-2-3-4-5-9-15(10-8-12(14)17)13(16)11-6-7-11/h11H,2-10H2,1H3,(H2,14,17). The van der Waals surface area contributed by atoms with Crippen molar-refractivity contribution in [3.63, 3.8) is 0 Å². The highest BCUT2D eigenvalue weighted by atomic mass is 32.1. The lowest BCUT2D eigenvalue weighted by molar-refractivity contribution is -0.132. The van der Waals surface area contributed by atoms with Crippen LogP contribution in [0.4, 0.5) is 0 Å². The number of hydrogen-bond donors (Lipinski definition) is 1. The summed E-state index contributed by atoms with van der Waals surface area (Å²) < 4.78 is 0. The van der Waals surface area contributed by atoms with E-state index in [9.17, 15) is 4.79 Å². The number of carbonyl (C=O) groups is 1. The van der Waals surface area contributed by atoms with Crippen LogP contribution in [0.3, 0.4) is 0 Å². The minimum Gasteiger partial charge on any atom is -0.393 e. The largest absolute Gasteiger partial charge is 0.393 e. The Labute approximate surface area is 110 Å². The Morgan fingerprint density at radius 3 is 2.53 bits per heavy atom. The van der Waals surface area contributed by atoms with E-state index in [1.54, 1.807) is 0 Å². The highest BCUT2D eigenvalue weighted by molar-refractivity contribution is 7.80. The topological polar surface area (TPSA) is 46.3 Å². The van der Waals surface area contributed by atoms with Crippen LogP contribution >= 0.6 is 12.2 Å². The molecule has 1 fully saturated rings. The van der Waals surface area contributed by atoms with Crippen LogP contribution in [0.2, 0.25) is 0 Å². The van der Waals surface area contributed by atoms with Gasteiger partial charge in [0.05, 0.1) is 4.99 Å². The minimum absolute atomic E-state index is 0.299. The quantitative estimate of drug-likeness (QED) is 0.509. The van der Waals surface area contributed by atoms with Gasteiger partial charge in [0.1, 0.15) is 0 Å². The molecule has 0 saturated heterocycles. The van der Waals surface area contributed by atoms with E-state index in [1.165, 1.54) is 19.3 Å². The molecule has 0 unspecified atom stereocenters. The van der Waals surface area contributed by atoms with Crippen LogP contribution in [-0.2, 0) is 4.79 Å². The van der Waals surface area contributed by atoms with Crippen molar-refractivity contribution in [1.29, 1.82) is 0 Å². The predicted octanol–water partition coefficient (Wildman–Crippen LogP) is 2.48. The molecular weight excluding hydrogens is 232 g/mol. The summed E-state index contributed by atoms with van der Waals surface area (Å²) in [5, 5.41) is 0. The van der Waals surface area contributed by atoms with Crippen LogP contribution in [0.5, 0.6) is 0 Å². The second-order valence-electron chi connectivity index (χ2n) is 4.88. The maximum atomic E-state index is 12.0. The normalized spacial score (nSPS) is 14.6. The van der Waals surface area contributed by atoms with E-state index >= 15 is 0 Å². The molecule has 0 radical (unpaired) electrons. The molecule has 2 N–H and O–H groups in total. The molecule has 1 amide bonds. The van der Waals surface area contributed by atoms with Gasteiger partial charge in [-0.05, 0) is 19.3 Å². The third kappa shape index (κ3) is 6.01. The van der Waals surface area contributed by atoms with Crippen LogP contribution in [0.1, 0.15) is 51.9 Å². The molecule has 4 heteroatoms. The maximum absolute atomic E-state index is 12.0. The molecular formula is C13H24N2OS. The van der Waals surface area contributed by atoms with Gasteiger partial charge in [0.15, 0.2) is 0 Å². The molecule has 0 bridgehead atoms. The Bertz CT molecular complexity index is 264. The molecule has 0 spiro atoms. The maximum Gasteiger partial charge on any atom is 0.225 e. The zero-order valence-corrected chi connectivity index (χ0v) is 11.6. The highest BCUT2D eigenvalue weighted by Crippen LogP contribution is 2.31. The van der Waals surface area contributed by atoms with Crippen LogP contribution in [0.15, 0.2) is 0 Å². The first-order chi connectivity index (χ1) is 8.15. The van der Waals surface area contributed by atoms with E-state index in [2.05, 4.69) is 6.92 Å². The van der Waals surface area contributed by atoms with Gasteiger partial charge >= 0.3 is 0 Å². The van der Waals surface area contributed by atoms with E-state index in [0.29, 0.717) is 29.8 Å². The molecule has 0 aromatic carbocycles. The molecule has 3 nitrogen and oxygen atoms in total. The number of nitrogens with two attached hydrogens (primary N) is 1. The van der Waals surface area contributed by atoms with Gasteiger partial charge in [0.25, 0.3) is 0 Å². The van der Waals surface area contributed by atoms with Crippen LogP contribution in [-0.4, -0.2) is 28.9 Å². The van der Waals surface area contributed by atoms with Crippen molar-refractivity contribution >= 4 is 23.1 Å². The minimum atomic E-state index is 0.299. The molecule has 1 saturated carbocycles. The summed E-state index contributed by atoms with van der Waals surface area (Å²) in [4.78, 5) is 14.5. The number of carbonyl (C=O) groups excluding carboxylic acids is 1. The van der Waals surface area contributed by atoms with Crippen LogP contribution < -0.4 is 5.73 Å². The first-order valence-corrected chi connectivity index (χ1v) is 7.13. The Kier molecular flexibility index (Phi) is 6.48. The van der Waals surface area contributed by atoms with Crippen molar-refractivity contribution in [2.75, 3.05) is 13.1 Å². The van der Waals surface area contributed by atoms with Crippen molar-refractivity contribution in [3.8, 4) is 0 Å². The third-order valence-corrected chi connectivity index (χ3v) is 3.35. The van der Waals surface area contributed by atoms with Crippen molar-refractivity contribution in [2.45, 2.75) is 51.9 Å². The fourth-order valence-corrected chi connectivity index (χ4v) is 1.99. The fraction of sp³-hybridized carbons (Fsp3) is 0.846. The van der Waals surface area contributed by atoms with Crippen molar-refractivity contribution in [2.24, 2.45) is 11.7 Å². The Morgan fingerprint density at radius 2 is 2.00 bits per heavy atom. The average Bonchev–Trinajstić information content (AvgIpc) is 3.11. The molecule has 17 heavy (non-hydrogen) atoms. The number of amides is 1. The number of nitrogens with zero attached hydrogens (tertiary/aromatic N) is 1. The van der Waals surface area contributed by atoms with Gasteiger partial charge in [-0.25, -0.2) is 0 Å². The van der Waals surface area contributed by atoms with Gasteiger partial charge in [0.2, 0.25) is 5.91 Å². The highest BCUT2D eigenvalue weighted by Gasteiger charge is 2.32. The van der Waals surface area contributed by atoms with E-state index < -0.39 is 0 Å². The lowest BCUT2D eigenvalue weighted by Crippen LogP contribution is -2.35. The molecule has 1 aliphatic rings. The Balaban J connectivity index is 2.29. The van der Waals surface area contributed by atoms with E-state index in [0.717, 1.165) is 25.8 Å². The van der Waals surface area contributed by atoms with Gasteiger partial charge in [-0.2, -0.15) is 0 Å². The summed E-state index contributed by atoms with van der Waals surface area (Å²) in [6.45, 7) is 3.77. The lowest BCUT2D eigenvalue weighted by atomic mass is 10.2. The first kappa shape index (κ1) is 14.4. The number of rotatable bonds is 9. The molecule has 1 rings (SSSR count). The monoisotopic (exact) mass is 256 g/mol. The van der Waals surface area contributed by atoms with E-state index in [1.807, 2.05) is 4.90 Å². The molecule has 0 heterocycles. The molecule has 0 aliphatic heterocycles. The summed E-state index contributed by atoms with van der Waals surface area (Å²) in [7, 11) is 0. The van der Waals surface area contributed by atoms with Gasteiger partial charge in [0, 0.05) is 25.4 Å². The van der Waals surface area contributed by atoms with Gasteiger partial charge in [-0.3, -0.25) is 4.79 Å².